The molecule has 3 saturated heterocycles. The standard InChI is InChI=1S/C16H25N5O3/c1-19(2)14(22)10-24-15-8-12(18-20(15)3)16(23)17-13-9-21-6-4-11(13)5-7-21/h8,11,13H,4-7,9-10H2,1-3H3,(H,17,23). The van der Waals surface area contributed by atoms with Crippen LogP contribution in [0.3, 0.4) is 0 Å². The number of amides is 2. The predicted molar refractivity (Wildman–Crippen MR) is 87.8 cm³/mol. The summed E-state index contributed by atoms with van der Waals surface area (Å²) in [4.78, 5) is 27.9. The zero-order valence-electron chi connectivity index (χ0n) is 14.5. The average molecular weight is 335 g/mol. The van der Waals surface area contributed by atoms with Crippen LogP contribution in [0.25, 0.3) is 0 Å². The van der Waals surface area contributed by atoms with Gasteiger partial charge in [-0.3, -0.25) is 9.59 Å². The normalized spacial score (nSPS) is 25.4. The Labute approximate surface area is 141 Å². The number of carbonyl (C=O) groups is 2. The van der Waals surface area contributed by atoms with E-state index in [-0.39, 0.29) is 24.5 Å². The van der Waals surface area contributed by atoms with Crippen molar-refractivity contribution in [2.45, 2.75) is 18.9 Å². The largest absolute Gasteiger partial charge is 0.468 e. The molecule has 3 aliphatic heterocycles. The number of aryl methyl sites for hydroxylation is 1. The minimum absolute atomic E-state index is 0.0761. The van der Waals surface area contributed by atoms with E-state index in [1.807, 2.05) is 0 Å². The summed E-state index contributed by atoms with van der Waals surface area (Å²) in [6, 6.07) is 1.78. The maximum Gasteiger partial charge on any atom is 0.272 e. The summed E-state index contributed by atoms with van der Waals surface area (Å²) in [6.07, 6.45) is 2.29. The molecule has 24 heavy (non-hydrogen) atoms. The molecule has 1 aromatic heterocycles. The van der Waals surface area contributed by atoms with E-state index >= 15 is 0 Å². The van der Waals surface area contributed by atoms with Gasteiger partial charge in [0.05, 0.1) is 0 Å². The molecular formula is C16H25N5O3. The maximum absolute atomic E-state index is 12.5. The highest BCUT2D eigenvalue weighted by Crippen LogP contribution is 2.27. The van der Waals surface area contributed by atoms with Crippen LogP contribution in [0.4, 0.5) is 0 Å². The summed E-state index contributed by atoms with van der Waals surface area (Å²) >= 11 is 0. The Morgan fingerprint density at radius 2 is 2.08 bits per heavy atom. The lowest BCUT2D eigenvalue weighted by molar-refractivity contribution is -0.130. The molecule has 4 heterocycles. The monoisotopic (exact) mass is 335 g/mol. The molecule has 0 radical (unpaired) electrons. The fourth-order valence-corrected chi connectivity index (χ4v) is 3.33. The van der Waals surface area contributed by atoms with Gasteiger partial charge in [0.15, 0.2) is 12.3 Å². The number of hydrogen-bond donors (Lipinski definition) is 1. The first kappa shape index (κ1) is 16.8. The molecule has 8 heteroatoms. The SMILES string of the molecule is CN(C)C(=O)COc1cc(C(=O)NC2CN3CCC2CC3)nn1C. The molecule has 4 rings (SSSR count). The van der Waals surface area contributed by atoms with E-state index in [1.54, 1.807) is 27.2 Å². The smallest absolute Gasteiger partial charge is 0.272 e. The van der Waals surface area contributed by atoms with Gasteiger partial charge in [0.25, 0.3) is 11.8 Å². The molecule has 2 amide bonds. The van der Waals surface area contributed by atoms with Gasteiger partial charge in [0.1, 0.15) is 0 Å². The molecule has 3 aliphatic rings. The van der Waals surface area contributed by atoms with E-state index < -0.39 is 0 Å². The van der Waals surface area contributed by atoms with Gasteiger partial charge in [-0.05, 0) is 31.8 Å². The van der Waals surface area contributed by atoms with Crippen molar-refractivity contribution in [2.24, 2.45) is 13.0 Å². The molecule has 132 valence electrons. The lowest BCUT2D eigenvalue weighted by Gasteiger charge is -2.44. The number of ether oxygens (including phenoxy) is 1. The van der Waals surface area contributed by atoms with E-state index in [2.05, 4.69) is 15.3 Å². The molecule has 1 N–H and O–H groups in total. The van der Waals surface area contributed by atoms with Crippen molar-refractivity contribution in [3.63, 3.8) is 0 Å². The number of fused-ring (bicyclic) bond motifs is 3. The molecule has 1 unspecified atom stereocenters. The van der Waals surface area contributed by atoms with Crippen LogP contribution in [0.2, 0.25) is 0 Å². The number of hydrogen-bond acceptors (Lipinski definition) is 5. The van der Waals surface area contributed by atoms with Gasteiger partial charge < -0.3 is 19.9 Å². The van der Waals surface area contributed by atoms with Gasteiger partial charge in [0, 0.05) is 39.8 Å². The van der Waals surface area contributed by atoms with Crippen LogP contribution in [0.15, 0.2) is 6.07 Å². The molecule has 0 aliphatic carbocycles. The van der Waals surface area contributed by atoms with Crippen molar-refractivity contribution in [2.75, 3.05) is 40.3 Å². The van der Waals surface area contributed by atoms with Crippen molar-refractivity contribution < 1.29 is 14.3 Å². The lowest BCUT2D eigenvalue weighted by Crippen LogP contribution is -2.57. The van der Waals surface area contributed by atoms with E-state index in [0.717, 1.165) is 32.5 Å². The second kappa shape index (κ2) is 6.80. The second-order valence-corrected chi connectivity index (χ2v) is 6.79. The minimum Gasteiger partial charge on any atom is -0.468 e. The zero-order valence-corrected chi connectivity index (χ0v) is 14.5. The fourth-order valence-electron chi connectivity index (χ4n) is 3.33. The number of rotatable bonds is 5. The highest BCUT2D eigenvalue weighted by atomic mass is 16.5. The van der Waals surface area contributed by atoms with Gasteiger partial charge >= 0.3 is 0 Å². The van der Waals surface area contributed by atoms with Crippen LogP contribution >= 0.6 is 0 Å². The van der Waals surface area contributed by atoms with Gasteiger partial charge in [-0.2, -0.15) is 5.10 Å². The highest BCUT2D eigenvalue weighted by Gasteiger charge is 2.35. The summed E-state index contributed by atoms with van der Waals surface area (Å²) in [5.41, 5.74) is 0.321. The lowest BCUT2D eigenvalue weighted by atomic mass is 9.84. The Hall–Kier alpha value is -2.09. The predicted octanol–water partition coefficient (Wildman–Crippen LogP) is -0.289. The van der Waals surface area contributed by atoms with Crippen LogP contribution in [0, 0.1) is 5.92 Å². The zero-order chi connectivity index (χ0) is 17.3. The average Bonchev–Trinajstić information content (AvgIpc) is 2.94. The van der Waals surface area contributed by atoms with Crippen LogP contribution in [-0.2, 0) is 11.8 Å². The number of piperidine rings is 3. The number of likely N-dealkylation sites (N-methyl/N-ethyl adjacent to an activating group) is 1. The van der Waals surface area contributed by atoms with Gasteiger partial charge in [-0.1, -0.05) is 0 Å². The third-order valence-electron chi connectivity index (χ3n) is 4.88. The van der Waals surface area contributed by atoms with Crippen LogP contribution in [-0.4, -0.2) is 77.8 Å². The van der Waals surface area contributed by atoms with Crippen LogP contribution < -0.4 is 10.1 Å². The summed E-state index contributed by atoms with van der Waals surface area (Å²) < 4.78 is 6.93. The molecule has 8 nitrogen and oxygen atoms in total. The van der Waals surface area contributed by atoms with Crippen molar-refractivity contribution >= 4 is 11.8 Å². The van der Waals surface area contributed by atoms with Crippen molar-refractivity contribution in [3.05, 3.63) is 11.8 Å². The Kier molecular flexibility index (Phi) is 4.75. The molecular weight excluding hydrogens is 310 g/mol. The quantitative estimate of drug-likeness (QED) is 0.800. The first-order valence-corrected chi connectivity index (χ1v) is 8.34. The third-order valence-corrected chi connectivity index (χ3v) is 4.88. The van der Waals surface area contributed by atoms with Crippen molar-refractivity contribution in [1.29, 1.82) is 0 Å². The number of nitrogens with zero attached hydrogens (tertiary/aromatic N) is 4. The number of aromatic nitrogens is 2. The summed E-state index contributed by atoms with van der Waals surface area (Å²) in [6.45, 7) is 3.12. The first-order chi connectivity index (χ1) is 11.4. The Morgan fingerprint density at radius 1 is 1.38 bits per heavy atom. The topological polar surface area (TPSA) is 79.7 Å². The van der Waals surface area contributed by atoms with E-state index in [0.29, 0.717) is 17.5 Å². The van der Waals surface area contributed by atoms with E-state index in [4.69, 9.17) is 4.74 Å². The molecule has 2 bridgehead atoms. The number of carbonyl (C=O) groups excluding carboxylic acids is 2. The molecule has 0 aromatic carbocycles. The van der Waals surface area contributed by atoms with Crippen molar-refractivity contribution in [1.82, 2.24) is 24.9 Å². The van der Waals surface area contributed by atoms with Crippen molar-refractivity contribution in [3.8, 4) is 5.88 Å². The molecule has 1 atom stereocenters. The third kappa shape index (κ3) is 3.53. The Morgan fingerprint density at radius 3 is 2.67 bits per heavy atom. The number of nitrogens with one attached hydrogen (secondary N) is 1. The van der Waals surface area contributed by atoms with Crippen LogP contribution in [0.5, 0.6) is 5.88 Å². The van der Waals surface area contributed by atoms with E-state index in [9.17, 15) is 9.59 Å². The minimum atomic E-state index is -0.182. The van der Waals surface area contributed by atoms with Gasteiger partial charge in [-0.25, -0.2) is 4.68 Å². The Bertz CT molecular complexity index is 619. The van der Waals surface area contributed by atoms with Gasteiger partial charge in [-0.15, -0.1) is 0 Å². The Balaban J connectivity index is 1.59. The summed E-state index contributed by atoms with van der Waals surface area (Å²) in [5, 5.41) is 7.31. The summed E-state index contributed by atoms with van der Waals surface area (Å²) in [5.74, 6) is 0.646. The first-order valence-electron chi connectivity index (χ1n) is 8.34. The second-order valence-electron chi connectivity index (χ2n) is 6.79. The highest BCUT2D eigenvalue weighted by molar-refractivity contribution is 5.92. The molecule has 0 spiro atoms. The molecule has 1 aromatic rings. The van der Waals surface area contributed by atoms with E-state index in [1.165, 1.54) is 9.58 Å². The maximum atomic E-state index is 12.5. The molecule has 0 saturated carbocycles. The summed E-state index contributed by atoms with van der Waals surface area (Å²) in [7, 11) is 5.03. The van der Waals surface area contributed by atoms with Gasteiger partial charge in [0.2, 0.25) is 5.88 Å². The van der Waals surface area contributed by atoms with Crippen LogP contribution in [0.1, 0.15) is 23.3 Å². The molecule has 3 fully saturated rings. The fraction of sp³-hybridized carbons (Fsp3) is 0.688.